The zero-order valence-corrected chi connectivity index (χ0v) is 25.3. The molecule has 2 N–H and O–H groups in total. The molecule has 220 valence electrons. The minimum absolute atomic E-state index is 0.102. The van der Waals surface area contributed by atoms with Crippen LogP contribution < -0.4 is 15.4 Å². The fourth-order valence-electron chi connectivity index (χ4n) is 4.90. The third-order valence-corrected chi connectivity index (χ3v) is 7.08. The number of rotatable bonds is 11. The lowest BCUT2D eigenvalue weighted by Gasteiger charge is -2.25. The molecule has 4 aromatic rings. The van der Waals surface area contributed by atoms with Gasteiger partial charge in [-0.15, -0.1) is 0 Å². The van der Waals surface area contributed by atoms with Gasteiger partial charge in [-0.2, -0.15) is 5.10 Å². The van der Waals surface area contributed by atoms with Crippen LogP contribution in [0.4, 0.5) is 16.3 Å². The fraction of sp³-hybridized carbons (Fsp3) is 0.324. The molecule has 0 bridgehead atoms. The van der Waals surface area contributed by atoms with Crippen LogP contribution in [-0.4, -0.2) is 46.8 Å². The highest BCUT2D eigenvalue weighted by atomic mass is 16.5. The van der Waals surface area contributed by atoms with Crippen LogP contribution in [0.2, 0.25) is 0 Å². The van der Waals surface area contributed by atoms with E-state index in [1.54, 1.807) is 16.7 Å². The second kappa shape index (κ2) is 13.9. The largest absolute Gasteiger partial charge is 0.497 e. The van der Waals surface area contributed by atoms with Crippen molar-refractivity contribution in [3.8, 4) is 22.7 Å². The number of nitrogens with one attached hydrogen (secondary N) is 2. The van der Waals surface area contributed by atoms with Gasteiger partial charge in [0.1, 0.15) is 18.1 Å². The standard InChI is InChI=1S/C34H41N5O3/c1-7-20-38(34(41)36-33-28(23(2)3)14-11-15-29(33)24(4)5)22-32(40)35-31-21-30(25-12-9-8-10-13-25)37-39(31)26-16-18-27(42-6)19-17-26/h8-19,21,23-24H,7,20,22H2,1-6H3,(H,35,40)(H,36,41). The van der Waals surface area contributed by atoms with Crippen LogP contribution in [0.5, 0.6) is 5.75 Å². The van der Waals surface area contributed by atoms with Crippen molar-refractivity contribution in [1.82, 2.24) is 14.7 Å². The SMILES string of the molecule is CCCN(CC(=O)Nc1cc(-c2ccccc2)nn1-c1ccc(OC)cc1)C(=O)Nc1c(C(C)C)cccc1C(C)C. The molecule has 3 aromatic carbocycles. The van der Waals surface area contributed by atoms with Crippen LogP contribution in [0.1, 0.15) is 64.0 Å². The number of aromatic nitrogens is 2. The first-order valence-corrected chi connectivity index (χ1v) is 14.5. The van der Waals surface area contributed by atoms with Gasteiger partial charge in [0.05, 0.1) is 18.5 Å². The smallest absolute Gasteiger partial charge is 0.322 e. The van der Waals surface area contributed by atoms with E-state index in [2.05, 4.69) is 38.3 Å². The summed E-state index contributed by atoms with van der Waals surface area (Å²) in [5.41, 5.74) is 5.40. The molecule has 0 spiro atoms. The van der Waals surface area contributed by atoms with Gasteiger partial charge in [-0.3, -0.25) is 4.79 Å². The Balaban J connectivity index is 1.59. The molecule has 0 unspecified atom stereocenters. The zero-order chi connectivity index (χ0) is 30.2. The van der Waals surface area contributed by atoms with Gasteiger partial charge in [-0.1, -0.05) is 83.1 Å². The Kier molecular flexibility index (Phi) is 10.0. The summed E-state index contributed by atoms with van der Waals surface area (Å²) in [5, 5.41) is 10.9. The Hall–Kier alpha value is -4.59. The molecular formula is C34H41N5O3. The maximum Gasteiger partial charge on any atom is 0.322 e. The number of urea groups is 1. The third kappa shape index (κ3) is 7.18. The van der Waals surface area contributed by atoms with Crippen LogP contribution >= 0.6 is 0 Å². The summed E-state index contributed by atoms with van der Waals surface area (Å²) in [6, 6.07) is 24.9. The quantitative estimate of drug-likeness (QED) is 0.195. The maximum absolute atomic E-state index is 13.6. The third-order valence-electron chi connectivity index (χ3n) is 7.08. The second-order valence-electron chi connectivity index (χ2n) is 10.9. The predicted octanol–water partition coefficient (Wildman–Crippen LogP) is 7.68. The molecule has 0 aliphatic rings. The average molecular weight is 568 g/mol. The van der Waals surface area contributed by atoms with E-state index in [4.69, 9.17) is 9.84 Å². The summed E-state index contributed by atoms with van der Waals surface area (Å²) in [4.78, 5) is 28.6. The molecule has 8 nitrogen and oxygen atoms in total. The lowest BCUT2D eigenvalue weighted by atomic mass is 9.93. The minimum Gasteiger partial charge on any atom is -0.497 e. The van der Waals surface area contributed by atoms with Gasteiger partial charge in [0, 0.05) is 23.9 Å². The highest BCUT2D eigenvalue weighted by Gasteiger charge is 2.22. The number of nitrogens with zero attached hydrogens (tertiary/aromatic N) is 3. The monoisotopic (exact) mass is 567 g/mol. The van der Waals surface area contributed by atoms with Crippen molar-refractivity contribution in [3.05, 3.63) is 90.0 Å². The van der Waals surface area contributed by atoms with Crippen LogP contribution in [0, 0.1) is 0 Å². The van der Waals surface area contributed by atoms with Gasteiger partial charge in [0.25, 0.3) is 0 Å². The Morgan fingerprint density at radius 2 is 1.52 bits per heavy atom. The summed E-state index contributed by atoms with van der Waals surface area (Å²) in [7, 11) is 1.62. The topological polar surface area (TPSA) is 88.5 Å². The van der Waals surface area contributed by atoms with Crippen molar-refractivity contribution in [1.29, 1.82) is 0 Å². The lowest BCUT2D eigenvalue weighted by Crippen LogP contribution is -2.41. The lowest BCUT2D eigenvalue weighted by molar-refractivity contribution is -0.116. The first kappa shape index (κ1) is 30.4. The molecule has 3 amide bonds. The van der Waals surface area contributed by atoms with E-state index in [9.17, 15) is 9.59 Å². The van der Waals surface area contributed by atoms with E-state index in [1.165, 1.54) is 0 Å². The Morgan fingerprint density at radius 1 is 0.881 bits per heavy atom. The zero-order valence-electron chi connectivity index (χ0n) is 25.3. The summed E-state index contributed by atoms with van der Waals surface area (Å²) in [5.74, 6) is 1.39. The van der Waals surface area contributed by atoms with Crippen molar-refractivity contribution < 1.29 is 14.3 Å². The van der Waals surface area contributed by atoms with Crippen LogP contribution in [0.15, 0.2) is 78.9 Å². The number of anilines is 2. The summed E-state index contributed by atoms with van der Waals surface area (Å²) in [6.07, 6.45) is 0.714. The van der Waals surface area contributed by atoms with Crippen molar-refractivity contribution in [2.75, 3.05) is 30.8 Å². The molecule has 0 aliphatic carbocycles. The molecule has 4 rings (SSSR count). The maximum atomic E-state index is 13.6. The number of carbonyl (C=O) groups excluding carboxylic acids is 2. The van der Waals surface area contributed by atoms with E-state index < -0.39 is 0 Å². The predicted molar refractivity (Wildman–Crippen MR) is 170 cm³/mol. The van der Waals surface area contributed by atoms with E-state index in [-0.39, 0.29) is 30.3 Å². The summed E-state index contributed by atoms with van der Waals surface area (Å²) < 4.78 is 7.00. The van der Waals surface area contributed by atoms with Crippen LogP contribution in [0.3, 0.4) is 0 Å². The van der Waals surface area contributed by atoms with Gasteiger partial charge in [-0.05, 0) is 53.6 Å². The number of methoxy groups -OCH3 is 1. The molecule has 0 saturated heterocycles. The van der Waals surface area contributed by atoms with Gasteiger partial charge in [0.2, 0.25) is 5.91 Å². The molecule has 0 saturated carbocycles. The Labute approximate surface area is 248 Å². The molecule has 0 radical (unpaired) electrons. The molecule has 0 aliphatic heterocycles. The van der Waals surface area contributed by atoms with Crippen molar-refractivity contribution in [2.24, 2.45) is 0 Å². The number of hydrogen-bond donors (Lipinski definition) is 2. The van der Waals surface area contributed by atoms with E-state index in [0.29, 0.717) is 18.8 Å². The van der Waals surface area contributed by atoms with Gasteiger partial charge in [-0.25, -0.2) is 9.48 Å². The number of ether oxygens (including phenoxy) is 1. The van der Waals surface area contributed by atoms with Crippen molar-refractivity contribution >= 4 is 23.4 Å². The first-order valence-electron chi connectivity index (χ1n) is 14.5. The molecule has 0 atom stereocenters. The average Bonchev–Trinajstić information content (AvgIpc) is 3.40. The fourth-order valence-corrected chi connectivity index (χ4v) is 4.90. The summed E-state index contributed by atoms with van der Waals surface area (Å²) in [6.45, 7) is 10.8. The number of hydrogen-bond acceptors (Lipinski definition) is 4. The van der Waals surface area contributed by atoms with Crippen LogP contribution in [-0.2, 0) is 4.79 Å². The number of carbonyl (C=O) groups is 2. The molecule has 42 heavy (non-hydrogen) atoms. The highest BCUT2D eigenvalue weighted by molar-refractivity contribution is 5.97. The first-order chi connectivity index (χ1) is 20.2. The van der Waals surface area contributed by atoms with Crippen LogP contribution in [0.25, 0.3) is 16.9 Å². The number of benzene rings is 3. The molecular weight excluding hydrogens is 526 g/mol. The van der Waals surface area contributed by atoms with E-state index >= 15 is 0 Å². The van der Waals surface area contributed by atoms with Gasteiger partial charge in [0.15, 0.2) is 0 Å². The van der Waals surface area contributed by atoms with Crippen molar-refractivity contribution in [2.45, 2.75) is 52.9 Å². The number of amides is 3. The van der Waals surface area contributed by atoms with E-state index in [0.717, 1.165) is 39.5 Å². The summed E-state index contributed by atoms with van der Waals surface area (Å²) >= 11 is 0. The van der Waals surface area contributed by atoms with Gasteiger partial charge < -0.3 is 20.3 Å². The molecule has 0 fully saturated rings. The van der Waals surface area contributed by atoms with E-state index in [1.807, 2.05) is 85.8 Å². The van der Waals surface area contributed by atoms with Crippen molar-refractivity contribution in [3.63, 3.8) is 0 Å². The minimum atomic E-state index is -0.311. The molecule has 1 aromatic heterocycles. The Bertz CT molecular complexity index is 1470. The normalized spacial score (nSPS) is 11.0. The second-order valence-corrected chi connectivity index (χ2v) is 10.9. The van der Waals surface area contributed by atoms with Gasteiger partial charge >= 0.3 is 6.03 Å². The highest BCUT2D eigenvalue weighted by Crippen LogP contribution is 2.33. The Morgan fingerprint density at radius 3 is 2.10 bits per heavy atom. The molecule has 1 heterocycles. The molecule has 8 heteroatoms. The number of para-hydroxylation sites is 1.